The fourth-order valence-electron chi connectivity index (χ4n) is 9.88. The highest BCUT2D eigenvalue weighted by Crippen LogP contribution is 2.51. The molecule has 0 radical (unpaired) electrons. The zero-order valence-electron chi connectivity index (χ0n) is 32.2. The fourth-order valence-corrected chi connectivity index (χ4v) is 9.88. The van der Waals surface area contributed by atoms with Gasteiger partial charge in [-0.15, -0.1) is 6.42 Å². The van der Waals surface area contributed by atoms with Gasteiger partial charge in [-0.05, 0) is 76.5 Å². The van der Waals surface area contributed by atoms with Gasteiger partial charge in [0.25, 0.3) is 0 Å². The van der Waals surface area contributed by atoms with Crippen molar-refractivity contribution >= 4 is 27.5 Å². The second kappa shape index (κ2) is 14.8. The number of rotatable bonds is 7. The van der Waals surface area contributed by atoms with E-state index in [1.54, 1.807) is 11.8 Å². The van der Waals surface area contributed by atoms with Crippen LogP contribution in [0.15, 0.2) is 24.3 Å². The molecule has 56 heavy (non-hydrogen) atoms. The number of ether oxygens (including phenoxy) is 4. The lowest BCUT2D eigenvalue weighted by Crippen LogP contribution is -2.60. The molecule has 0 amide bonds. The van der Waals surface area contributed by atoms with E-state index in [0.717, 1.165) is 32.1 Å². The Bertz CT molecular complexity index is 2190. The van der Waals surface area contributed by atoms with Gasteiger partial charge in [-0.25, -0.2) is 18.2 Å². The number of aromatic hydroxyl groups is 1. The number of halogens is 3. The molecule has 0 bridgehead atoms. The van der Waals surface area contributed by atoms with Crippen molar-refractivity contribution in [3.63, 3.8) is 0 Å². The van der Waals surface area contributed by atoms with E-state index in [4.69, 9.17) is 30.4 Å². The van der Waals surface area contributed by atoms with Gasteiger partial charge < -0.3 is 34.1 Å². The average molecular weight is 776 g/mol. The van der Waals surface area contributed by atoms with Crippen molar-refractivity contribution in [3.8, 4) is 41.2 Å². The van der Waals surface area contributed by atoms with Crippen LogP contribution >= 0.6 is 0 Å². The molecule has 14 heteroatoms. The second-order valence-corrected chi connectivity index (χ2v) is 16.4. The van der Waals surface area contributed by atoms with E-state index in [-0.39, 0.29) is 114 Å². The van der Waals surface area contributed by atoms with Crippen LogP contribution < -0.4 is 14.4 Å². The number of hydrogen-bond acceptors (Lipinski definition) is 11. The topological polar surface area (TPSA) is 123 Å². The molecule has 0 spiro atoms. The first-order valence-corrected chi connectivity index (χ1v) is 19.4. The summed E-state index contributed by atoms with van der Waals surface area (Å²) in [5.74, 6) is 0.666. The smallest absolute Gasteiger partial charge is 0.319 e. The third-order valence-electron chi connectivity index (χ3n) is 12.0. The summed E-state index contributed by atoms with van der Waals surface area (Å²) in [4.78, 5) is 18.1. The minimum Gasteiger partial charge on any atom is -0.508 e. The van der Waals surface area contributed by atoms with Crippen LogP contribution in [0.25, 0.3) is 32.9 Å². The third-order valence-corrected chi connectivity index (χ3v) is 12.0. The van der Waals surface area contributed by atoms with Crippen LogP contribution in [0.1, 0.15) is 64.9 Å². The van der Waals surface area contributed by atoms with E-state index < -0.39 is 28.8 Å². The number of aliphatic hydroxyl groups is 1. The van der Waals surface area contributed by atoms with Crippen molar-refractivity contribution in [3.05, 3.63) is 41.5 Å². The minimum absolute atomic E-state index is 0.0274. The number of methoxy groups -OCH3 is 1. The SMILES string of the molecule is C#Cc1c(F)ccc2cc(O)cc(-c3nc(OC)c4c(N5CCOCC(C)(O)C5)nc(OCC56CCCC5N(C5CC(C)OC(C)C5)CC(F)C6)nc4c3F)c12. The van der Waals surface area contributed by atoms with Gasteiger partial charge in [-0.2, -0.15) is 9.97 Å². The maximum absolute atomic E-state index is 17.4. The van der Waals surface area contributed by atoms with Gasteiger partial charge in [0.15, 0.2) is 5.82 Å². The van der Waals surface area contributed by atoms with Crippen molar-refractivity contribution in [2.24, 2.45) is 5.41 Å². The number of terminal acetylenes is 1. The summed E-state index contributed by atoms with van der Waals surface area (Å²) in [5, 5.41) is 22.6. The Balaban J connectivity index is 1.26. The monoisotopic (exact) mass is 775 g/mol. The van der Waals surface area contributed by atoms with Crippen LogP contribution in [0.4, 0.5) is 19.0 Å². The Kier molecular flexibility index (Phi) is 10.2. The first-order chi connectivity index (χ1) is 26.8. The van der Waals surface area contributed by atoms with Crippen LogP contribution in [0.2, 0.25) is 0 Å². The predicted molar refractivity (Wildman–Crippen MR) is 205 cm³/mol. The fraction of sp³-hybridized carbons (Fsp3) is 0.548. The number of aromatic nitrogens is 3. The molecule has 298 valence electrons. The highest BCUT2D eigenvalue weighted by molar-refractivity contribution is 6.04. The van der Waals surface area contributed by atoms with E-state index in [2.05, 4.69) is 34.6 Å². The van der Waals surface area contributed by atoms with E-state index in [1.165, 1.54) is 31.4 Å². The molecular weight excluding hydrogens is 727 g/mol. The number of phenolic OH excluding ortho intramolecular Hbond substituents is 1. The molecule has 6 atom stereocenters. The average Bonchev–Trinajstić information content (AvgIpc) is 3.48. The Morgan fingerprint density at radius 2 is 1.89 bits per heavy atom. The number of anilines is 1. The Morgan fingerprint density at radius 3 is 2.64 bits per heavy atom. The quantitative estimate of drug-likeness (QED) is 0.205. The predicted octanol–water partition coefficient (Wildman–Crippen LogP) is 6.32. The molecular formula is C42H48F3N5O6. The van der Waals surface area contributed by atoms with Crippen molar-refractivity contribution in [2.45, 2.75) is 95.4 Å². The van der Waals surface area contributed by atoms with Gasteiger partial charge in [-0.1, -0.05) is 18.4 Å². The number of phenols is 1. The molecule has 2 aromatic carbocycles. The molecule has 1 aliphatic carbocycles. The molecule has 4 aromatic rings. The van der Waals surface area contributed by atoms with Gasteiger partial charge in [0.1, 0.15) is 45.8 Å². The normalized spacial score (nSPS) is 29.9. The molecule has 3 aliphatic heterocycles. The van der Waals surface area contributed by atoms with Gasteiger partial charge >= 0.3 is 6.01 Å². The zero-order chi connectivity index (χ0) is 39.5. The number of fused-ring (bicyclic) bond motifs is 3. The summed E-state index contributed by atoms with van der Waals surface area (Å²) in [5.41, 5.74) is -2.43. The molecule has 5 heterocycles. The van der Waals surface area contributed by atoms with Crippen LogP contribution in [0, 0.1) is 29.4 Å². The highest BCUT2D eigenvalue weighted by Gasteiger charge is 2.53. The first kappa shape index (κ1) is 38.5. The number of likely N-dealkylation sites (tertiary alicyclic amines) is 1. The molecule has 4 aliphatic rings. The molecule has 2 aromatic heterocycles. The zero-order valence-corrected chi connectivity index (χ0v) is 32.2. The molecule has 6 unspecified atom stereocenters. The number of piperidine rings is 1. The Morgan fingerprint density at radius 1 is 1.11 bits per heavy atom. The largest absolute Gasteiger partial charge is 0.508 e. The maximum Gasteiger partial charge on any atom is 0.319 e. The standard InChI is InChI=1S/C42H48F3N5O6/c1-6-29-31(44)10-9-25-16-28(51)17-30(33(25)29)36-35(45)37-34(39(46-36)53-5)38(49-12-13-54-21-41(4,52)20-49)48-40(47-37)55-22-42-11-7-8-32(42)50(19-26(43)18-42)27-14-23(2)56-24(3)15-27/h1,9-10,16-17,23-24,26-27,32,51-52H,7-8,11-15,18-22H2,2-5H3. The summed E-state index contributed by atoms with van der Waals surface area (Å²) in [6.07, 6.45) is 9.39. The Hall–Kier alpha value is -4.42. The summed E-state index contributed by atoms with van der Waals surface area (Å²) in [6.45, 7) is 6.90. The molecule has 3 saturated heterocycles. The molecule has 2 N–H and O–H groups in total. The van der Waals surface area contributed by atoms with Crippen molar-refractivity contribution in [1.82, 2.24) is 19.9 Å². The number of hydrogen-bond donors (Lipinski definition) is 2. The van der Waals surface area contributed by atoms with E-state index in [1.807, 2.05) is 0 Å². The number of benzene rings is 2. The van der Waals surface area contributed by atoms with Crippen LogP contribution in [0.5, 0.6) is 17.6 Å². The Labute approximate surface area is 324 Å². The van der Waals surface area contributed by atoms with Crippen LogP contribution in [-0.4, -0.2) is 113 Å². The molecule has 1 saturated carbocycles. The van der Waals surface area contributed by atoms with Gasteiger partial charge in [0.2, 0.25) is 5.88 Å². The van der Waals surface area contributed by atoms with Gasteiger partial charge in [0.05, 0.1) is 51.2 Å². The summed E-state index contributed by atoms with van der Waals surface area (Å²) in [7, 11) is 1.37. The summed E-state index contributed by atoms with van der Waals surface area (Å²) in [6, 6.07) is 5.41. The summed E-state index contributed by atoms with van der Waals surface area (Å²) < 4.78 is 72.3. The highest BCUT2D eigenvalue weighted by atomic mass is 19.1. The van der Waals surface area contributed by atoms with Crippen LogP contribution in [0.3, 0.4) is 0 Å². The minimum atomic E-state index is -1.29. The lowest BCUT2D eigenvalue weighted by Gasteiger charge is -2.52. The number of alkyl halides is 1. The van der Waals surface area contributed by atoms with E-state index >= 15 is 13.2 Å². The first-order valence-electron chi connectivity index (χ1n) is 19.4. The number of β-amino-alcohol motifs (C(OH)–C–C–N with tert-alkyl or cyclic N) is 1. The van der Waals surface area contributed by atoms with Gasteiger partial charge in [0, 0.05) is 41.5 Å². The third kappa shape index (κ3) is 6.97. The van der Waals surface area contributed by atoms with Crippen LogP contribution in [-0.2, 0) is 9.47 Å². The lowest BCUT2D eigenvalue weighted by atomic mass is 9.73. The van der Waals surface area contributed by atoms with Crippen molar-refractivity contribution in [2.75, 3.05) is 51.5 Å². The second-order valence-electron chi connectivity index (χ2n) is 16.4. The number of pyridine rings is 1. The molecule has 4 fully saturated rings. The van der Waals surface area contributed by atoms with E-state index in [0.29, 0.717) is 18.4 Å². The molecule has 11 nitrogen and oxygen atoms in total. The van der Waals surface area contributed by atoms with Gasteiger partial charge in [-0.3, -0.25) is 4.90 Å². The maximum atomic E-state index is 17.4. The van der Waals surface area contributed by atoms with E-state index in [9.17, 15) is 10.2 Å². The van der Waals surface area contributed by atoms with Crippen molar-refractivity contribution < 1.29 is 42.3 Å². The number of nitrogens with zero attached hydrogens (tertiary/aromatic N) is 5. The van der Waals surface area contributed by atoms with Crippen molar-refractivity contribution in [1.29, 1.82) is 0 Å². The lowest BCUT2D eigenvalue weighted by molar-refractivity contribution is -0.110. The molecule has 8 rings (SSSR count). The summed E-state index contributed by atoms with van der Waals surface area (Å²) >= 11 is 0.